The van der Waals surface area contributed by atoms with E-state index in [-0.39, 0.29) is 17.1 Å². The summed E-state index contributed by atoms with van der Waals surface area (Å²) in [7, 11) is 1.44. The molecule has 0 saturated carbocycles. The Balaban J connectivity index is 2.58. The molecule has 2 aromatic rings. The molecule has 1 aromatic carbocycles. The number of aromatic nitrogens is 1. The largest absolute Gasteiger partial charge is 0.618 e. The number of ether oxygens (including phenoxy) is 1. The summed E-state index contributed by atoms with van der Waals surface area (Å²) in [6.07, 6.45) is 1.14. The first-order chi connectivity index (χ1) is 12.3. The van der Waals surface area contributed by atoms with Crippen molar-refractivity contribution < 1.29 is 18.7 Å². The molecule has 0 aliphatic rings. The quantitative estimate of drug-likeness (QED) is 0.576. The van der Waals surface area contributed by atoms with Gasteiger partial charge in [0, 0.05) is 19.5 Å². The molecule has 1 N–H and O–H groups in total. The number of hydrogen-bond donors (Lipinski definition) is 1. The van der Waals surface area contributed by atoms with Crippen molar-refractivity contribution in [1.29, 1.82) is 0 Å². The van der Waals surface area contributed by atoms with Gasteiger partial charge in [0.1, 0.15) is 11.4 Å². The van der Waals surface area contributed by atoms with Gasteiger partial charge in [0.05, 0.1) is 11.6 Å². The zero-order chi connectivity index (χ0) is 19.6. The summed E-state index contributed by atoms with van der Waals surface area (Å²) in [5.74, 6) is -0.474. The second-order valence-corrected chi connectivity index (χ2v) is 6.74. The highest BCUT2D eigenvalue weighted by Gasteiger charge is 2.28. The van der Waals surface area contributed by atoms with Gasteiger partial charge in [-0.05, 0) is 52.0 Å². The smallest absolute Gasteiger partial charge is 0.263 e. The SMILES string of the molecule is CCc1cc(F)cc(CC)c1NC(=O)c1c(Br)c(OC)c(C)[n+]([O-])c1C. The Labute approximate surface area is 160 Å². The van der Waals surface area contributed by atoms with Crippen LogP contribution in [0, 0.1) is 24.9 Å². The number of anilines is 1. The molecular weight excluding hydrogens is 403 g/mol. The standard InChI is InChI=1S/C19H22BrFN2O3/c1-6-12-8-14(21)9-13(7-2)17(12)22-19(24)15-10(3)23(25)11(4)18(26-5)16(15)20/h8-9H,6-7H2,1-5H3,(H,22,24). The van der Waals surface area contributed by atoms with Crippen LogP contribution in [0.15, 0.2) is 16.6 Å². The van der Waals surface area contributed by atoms with Crippen LogP contribution in [0.25, 0.3) is 0 Å². The fourth-order valence-corrected chi connectivity index (χ4v) is 3.91. The van der Waals surface area contributed by atoms with E-state index in [1.54, 1.807) is 13.8 Å². The van der Waals surface area contributed by atoms with Gasteiger partial charge in [0.15, 0.2) is 0 Å². The number of aryl methyl sites for hydroxylation is 2. The Kier molecular flexibility index (Phi) is 6.23. The van der Waals surface area contributed by atoms with Crippen molar-refractivity contribution in [1.82, 2.24) is 0 Å². The number of nitrogens with zero attached hydrogens (tertiary/aromatic N) is 1. The molecule has 7 heteroatoms. The summed E-state index contributed by atoms with van der Waals surface area (Å²) in [6, 6.07) is 2.83. The molecule has 0 aliphatic carbocycles. The number of amides is 1. The van der Waals surface area contributed by atoms with Gasteiger partial charge in [-0.2, -0.15) is 4.73 Å². The maximum atomic E-state index is 13.8. The summed E-state index contributed by atoms with van der Waals surface area (Å²) in [4.78, 5) is 13.0. The van der Waals surface area contributed by atoms with E-state index < -0.39 is 5.91 Å². The van der Waals surface area contributed by atoms with Crippen molar-refractivity contribution in [3.63, 3.8) is 0 Å². The Morgan fingerprint density at radius 1 is 1.23 bits per heavy atom. The van der Waals surface area contributed by atoms with E-state index in [1.165, 1.54) is 19.2 Å². The van der Waals surface area contributed by atoms with Gasteiger partial charge in [-0.1, -0.05) is 13.8 Å². The summed E-state index contributed by atoms with van der Waals surface area (Å²) < 4.78 is 20.1. The van der Waals surface area contributed by atoms with Gasteiger partial charge in [-0.3, -0.25) is 4.79 Å². The third-order valence-corrected chi connectivity index (χ3v) is 5.17. The Morgan fingerprint density at radius 2 is 1.77 bits per heavy atom. The van der Waals surface area contributed by atoms with Crippen molar-refractivity contribution in [2.45, 2.75) is 40.5 Å². The third kappa shape index (κ3) is 3.53. The van der Waals surface area contributed by atoms with Crippen molar-refractivity contribution >= 4 is 27.5 Å². The second-order valence-electron chi connectivity index (χ2n) is 5.95. The molecule has 140 valence electrons. The highest BCUT2D eigenvalue weighted by atomic mass is 79.9. The first kappa shape index (κ1) is 20.2. The normalized spacial score (nSPS) is 10.7. The molecule has 1 aromatic heterocycles. The van der Waals surface area contributed by atoms with Gasteiger partial charge in [0.2, 0.25) is 17.1 Å². The number of hydrogen-bond acceptors (Lipinski definition) is 3. The lowest BCUT2D eigenvalue weighted by Crippen LogP contribution is -2.37. The van der Waals surface area contributed by atoms with Crippen LogP contribution in [0.1, 0.15) is 46.7 Å². The van der Waals surface area contributed by atoms with Gasteiger partial charge < -0.3 is 15.3 Å². The van der Waals surface area contributed by atoms with Crippen LogP contribution >= 0.6 is 15.9 Å². The minimum Gasteiger partial charge on any atom is -0.618 e. The van der Waals surface area contributed by atoms with Gasteiger partial charge in [-0.15, -0.1) is 0 Å². The van der Waals surface area contributed by atoms with Gasteiger partial charge >= 0.3 is 0 Å². The fourth-order valence-electron chi connectivity index (χ4n) is 3.00. The molecule has 0 unspecified atom stereocenters. The van der Waals surface area contributed by atoms with Crippen LogP contribution in [-0.4, -0.2) is 13.0 Å². The Hall–Kier alpha value is -2.15. The van der Waals surface area contributed by atoms with E-state index in [2.05, 4.69) is 21.2 Å². The number of methoxy groups -OCH3 is 1. The van der Waals surface area contributed by atoms with Crippen molar-refractivity contribution in [2.75, 3.05) is 12.4 Å². The summed E-state index contributed by atoms with van der Waals surface area (Å²) in [6.45, 7) is 6.98. The van der Waals surface area contributed by atoms with Crippen LogP contribution in [0.3, 0.4) is 0 Å². The molecule has 2 rings (SSSR count). The van der Waals surface area contributed by atoms with Crippen LogP contribution in [0.5, 0.6) is 5.75 Å². The zero-order valence-corrected chi connectivity index (χ0v) is 17.1. The van der Waals surface area contributed by atoms with Crippen LogP contribution < -0.4 is 14.8 Å². The fraction of sp³-hybridized carbons (Fsp3) is 0.368. The highest BCUT2D eigenvalue weighted by Crippen LogP contribution is 2.33. The average molecular weight is 425 g/mol. The van der Waals surface area contributed by atoms with Crippen LogP contribution in [0.2, 0.25) is 0 Å². The van der Waals surface area contributed by atoms with Crippen LogP contribution in [-0.2, 0) is 12.8 Å². The number of pyridine rings is 1. The number of carbonyl (C=O) groups excluding carboxylic acids is 1. The molecule has 0 fully saturated rings. The molecule has 0 radical (unpaired) electrons. The van der Waals surface area contributed by atoms with Crippen molar-refractivity contribution in [3.05, 3.63) is 55.7 Å². The molecule has 1 heterocycles. The molecular formula is C19H22BrFN2O3. The number of benzene rings is 1. The second kappa shape index (κ2) is 8.03. The number of nitrogens with one attached hydrogen (secondary N) is 1. The number of carbonyl (C=O) groups is 1. The lowest BCUT2D eigenvalue weighted by molar-refractivity contribution is -0.619. The van der Waals surface area contributed by atoms with Gasteiger partial charge in [0.25, 0.3) is 5.91 Å². The maximum absolute atomic E-state index is 13.8. The average Bonchev–Trinajstić information content (AvgIpc) is 2.61. The number of rotatable bonds is 5. The number of halogens is 2. The lowest BCUT2D eigenvalue weighted by Gasteiger charge is -2.18. The minimum absolute atomic E-state index is 0.191. The molecule has 26 heavy (non-hydrogen) atoms. The van der Waals surface area contributed by atoms with Crippen molar-refractivity contribution in [2.24, 2.45) is 0 Å². The predicted molar refractivity (Wildman–Crippen MR) is 102 cm³/mol. The monoisotopic (exact) mass is 424 g/mol. The topological polar surface area (TPSA) is 65.3 Å². The van der Waals surface area contributed by atoms with E-state index in [0.717, 1.165) is 0 Å². The molecule has 1 amide bonds. The van der Waals surface area contributed by atoms with E-state index in [0.29, 0.717) is 50.3 Å². The van der Waals surface area contributed by atoms with E-state index in [4.69, 9.17) is 4.74 Å². The molecule has 0 bridgehead atoms. The molecule has 0 saturated heterocycles. The Morgan fingerprint density at radius 3 is 2.23 bits per heavy atom. The summed E-state index contributed by atoms with van der Waals surface area (Å²) in [5.41, 5.74) is 2.81. The highest BCUT2D eigenvalue weighted by molar-refractivity contribution is 9.10. The van der Waals surface area contributed by atoms with Crippen LogP contribution in [0.4, 0.5) is 10.1 Å². The van der Waals surface area contributed by atoms with E-state index >= 15 is 0 Å². The third-order valence-electron chi connectivity index (χ3n) is 4.42. The predicted octanol–water partition coefficient (Wildman–Crippen LogP) is 4.22. The molecule has 0 atom stereocenters. The first-order valence-electron chi connectivity index (χ1n) is 8.35. The van der Waals surface area contributed by atoms with E-state index in [1.807, 2.05) is 13.8 Å². The molecule has 5 nitrogen and oxygen atoms in total. The Bertz CT molecular complexity index is 844. The molecule has 0 aliphatic heterocycles. The van der Waals surface area contributed by atoms with E-state index in [9.17, 15) is 14.4 Å². The van der Waals surface area contributed by atoms with Crippen molar-refractivity contribution in [3.8, 4) is 5.75 Å². The summed E-state index contributed by atoms with van der Waals surface area (Å²) in [5, 5.41) is 15.2. The molecule has 0 spiro atoms. The minimum atomic E-state index is -0.451. The van der Waals surface area contributed by atoms with Gasteiger partial charge in [-0.25, -0.2) is 4.39 Å². The first-order valence-corrected chi connectivity index (χ1v) is 9.14. The summed E-state index contributed by atoms with van der Waals surface area (Å²) >= 11 is 3.38. The lowest BCUT2D eigenvalue weighted by atomic mass is 10.0. The zero-order valence-electron chi connectivity index (χ0n) is 15.5. The maximum Gasteiger partial charge on any atom is 0.263 e.